The SMILES string of the molecule is CCOc1ccccc1N(CC(=O)N(Cc1cccc(C)c1)C(CC)C(=O)NC(C)(C)C)S(=O)(=O)c1ccccc1. The summed E-state index contributed by atoms with van der Waals surface area (Å²) in [6.45, 7) is 11.2. The van der Waals surface area contributed by atoms with Crippen LogP contribution in [0.15, 0.2) is 83.8 Å². The average Bonchev–Trinajstić information content (AvgIpc) is 2.91. The Kier molecular flexibility index (Phi) is 10.6. The minimum atomic E-state index is -4.18. The van der Waals surface area contributed by atoms with Crippen LogP contribution >= 0.6 is 0 Å². The zero-order chi connectivity index (χ0) is 30.2. The zero-order valence-corrected chi connectivity index (χ0v) is 25.6. The van der Waals surface area contributed by atoms with Crippen molar-refractivity contribution in [2.24, 2.45) is 0 Å². The second-order valence-corrected chi connectivity index (χ2v) is 12.8. The molecule has 0 fully saturated rings. The van der Waals surface area contributed by atoms with Crippen LogP contribution in [0.3, 0.4) is 0 Å². The lowest BCUT2D eigenvalue weighted by Crippen LogP contribution is -2.55. The van der Waals surface area contributed by atoms with Gasteiger partial charge in [-0.2, -0.15) is 0 Å². The van der Waals surface area contributed by atoms with Crippen molar-refractivity contribution in [2.45, 2.75) is 71.0 Å². The predicted octanol–water partition coefficient (Wildman–Crippen LogP) is 5.31. The fourth-order valence-corrected chi connectivity index (χ4v) is 6.00. The van der Waals surface area contributed by atoms with Crippen molar-refractivity contribution >= 4 is 27.5 Å². The third kappa shape index (κ3) is 8.33. The normalized spacial score (nSPS) is 12.3. The molecular weight excluding hydrogens is 538 g/mol. The highest BCUT2D eigenvalue weighted by molar-refractivity contribution is 7.92. The summed E-state index contributed by atoms with van der Waals surface area (Å²) in [4.78, 5) is 29.2. The first-order valence-electron chi connectivity index (χ1n) is 13.8. The molecule has 0 aliphatic rings. The highest BCUT2D eigenvalue weighted by atomic mass is 32.2. The summed E-state index contributed by atoms with van der Waals surface area (Å²) >= 11 is 0. The number of hydrogen-bond acceptors (Lipinski definition) is 5. The van der Waals surface area contributed by atoms with Crippen LogP contribution in [0, 0.1) is 6.92 Å². The van der Waals surface area contributed by atoms with Gasteiger partial charge in [0.2, 0.25) is 11.8 Å². The van der Waals surface area contributed by atoms with E-state index in [0.717, 1.165) is 15.4 Å². The van der Waals surface area contributed by atoms with Crippen LogP contribution in [0.2, 0.25) is 0 Å². The molecule has 1 unspecified atom stereocenters. The van der Waals surface area contributed by atoms with E-state index in [2.05, 4.69) is 5.32 Å². The number of ether oxygens (including phenoxy) is 1. The van der Waals surface area contributed by atoms with E-state index < -0.39 is 34.1 Å². The molecule has 220 valence electrons. The number of nitrogens with zero attached hydrogens (tertiary/aromatic N) is 2. The van der Waals surface area contributed by atoms with Gasteiger partial charge in [-0.05, 0) is 70.9 Å². The number of carbonyl (C=O) groups is 2. The van der Waals surface area contributed by atoms with Gasteiger partial charge in [0.05, 0.1) is 17.2 Å². The number of sulfonamides is 1. The molecule has 0 aliphatic carbocycles. The lowest BCUT2D eigenvalue weighted by Gasteiger charge is -2.35. The summed E-state index contributed by atoms with van der Waals surface area (Å²) in [5.74, 6) is -0.466. The third-order valence-electron chi connectivity index (χ3n) is 6.36. The Balaban J connectivity index is 2.11. The molecule has 0 spiro atoms. The predicted molar refractivity (Wildman–Crippen MR) is 162 cm³/mol. The summed E-state index contributed by atoms with van der Waals surface area (Å²) in [7, 11) is -4.18. The number of carbonyl (C=O) groups excluding carboxylic acids is 2. The van der Waals surface area contributed by atoms with Crippen molar-refractivity contribution in [3.8, 4) is 5.75 Å². The van der Waals surface area contributed by atoms with E-state index in [4.69, 9.17) is 4.74 Å². The minimum Gasteiger partial charge on any atom is -0.492 e. The smallest absolute Gasteiger partial charge is 0.264 e. The van der Waals surface area contributed by atoms with Gasteiger partial charge in [-0.25, -0.2) is 8.42 Å². The van der Waals surface area contributed by atoms with Gasteiger partial charge in [0, 0.05) is 12.1 Å². The maximum Gasteiger partial charge on any atom is 0.264 e. The highest BCUT2D eigenvalue weighted by Crippen LogP contribution is 2.33. The minimum absolute atomic E-state index is 0.0434. The van der Waals surface area contributed by atoms with Gasteiger partial charge in [0.1, 0.15) is 18.3 Å². The van der Waals surface area contributed by atoms with Crippen LogP contribution in [-0.4, -0.2) is 49.9 Å². The first-order chi connectivity index (χ1) is 19.4. The molecule has 0 radical (unpaired) electrons. The Bertz CT molecular complexity index is 1430. The highest BCUT2D eigenvalue weighted by Gasteiger charge is 2.35. The number of para-hydroxylation sites is 2. The molecule has 0 aromatic heterocycles. The van der Waals surface area contributed by atoms with E-state index >= 15 is 0 Å². The molecule has 8 nitrogen and oxygen atoms in total. The van der Waals surface area contributed by atoms with Crippen molar-refractivity contribution in [3.05, 3.63) is 90.0 Å². The Morgan fingerprint density at radius 1 is 0.927 bits per heavy atom. The van der Waals surface area contributed by atoms with Crippen LogP contribution in [0.5, 0.6) is 5.75 Å². The standard InChI is InChI=1S/C32H41N3O5S/c1-7-27(31(37)33-32(4,5)6)34(22-25-16-14-15-24(3)21-25)30(36)23-35(28-19-12-13-20-29(28)40-8-2)41(38,39)26-17-10-9-11-18-26/h9-21,27H,7-8,22-23H2,1-6H3,(H,33,37). The number of aryl methyl sites for hydroxylation is 1. The van der Waals surface area contributed by atoms with Gasteiger partial charge < -0.3 is 15.0 Å². The monoisotopic (exact) mass is 579 g/mol. The fraction of sp³-hybridized carbons (Fsp3) is 0.375. The summed E-state index contributed by atoms with van der Waals surface area (Å²) in [5, 5.41) is 2.98. The van der Waals surface area contributed by atoms with E-state index in [1.807, 2.05) is 58.9 Å². The molecule has 0 heterocycles. The first kappa shape index (κ1) is 31.7. The molecule has 1 atom stereocenters. The Labute approximate surface area is 244 Å². The molecule has 3 aromatic carbocycles. The number of benzene rings is 3. The molecular formula is C32H41N3O5S. The number of hydrogen-bond donors (Lipinski definition) is 1. The zero-order valence-electron chi connectivity index (χ0n) is 24.8. The van der Waals surface area contributed by atoms with Crippen molar-refractivity contribution in [2.75, 3.05) is 17.5 Å². The molecule has 0 bridgehead atoms. The Morgan fingerprint density at radius 3 is 2.20 bits per heavy atom. The second-order valence-electron chi connectivity index (χ2n) is 10.9. The van der Waals surface area contributed by atoms with Gasteiger partial charge >= 0.3 is 0 Å². The van der Waals surface area contributed by atoms with E-state index in [1.54, 1.807) is 49.4 Å². The summed E-state index contributed by atoms with van der Waals surface area (Å²) in [6, 6.07) is 21.6. The molecule has 1 N–H and O–H groups in total. The average molecular weight is 580 g/mol. The van der Waals surface area contributed by atoms with Crippen molar-refractivity contribution in [1.29, 1.82) is 0 Å². The molecule has 2 amide bonds. The summed E-state index contributed by atoms with van der Waals surface area (Å²) < 4.78 is 34.9. The molecule has 3 rings (SSSR count). The Hall–Kier alpha value is -3.85. The van der Waals surface area contributed by atoms with Gasteiger partial charge in [-0.3, -0.25) is 13.9 Å². The van der Waals surface area contributed by atoms with Crippen LogP contribution in [0.25, 0.3) is 0 Å². The van der Waals surface area contributed by atoms with Crippen molar-refractivity contribution in [1.82, 2.24) is 10.2 Å². The van der Waals surface area contributed by atoms with E-state index in [1.165, 1.54) is 17.0 Å². The third-order valence-corrected chi connectivity index (χ3v) is 8.14. The summed E-state index contributed by atoms with van der Waals surface area (Å²) in [5.41, 5.74) is 1.59. The lowest BCUT2D eigenvalue weighted by atomic mass is 10.0. The van der Waals surface area contributed by atoms with Crippen molar-refractivity contribution in [3.63, 3.8) is 0 Å². The van der Waals surface area contributed by atoms with Gasteiger partial charge in [-0.15, -0.1) is 0 Å². The number of amides is 2. The van der Waals surface area contributed by atoms with Gasteiger partial charge in [-0.1, -0.05) is 67.1 Å². The quantitative estimate of drug-likeness (QED) is 0.314. The van der Waals surface area contributed by atoms with E-state index in [9.17, 15) is 18.0 Å². The maximum absolute atomic E-state index is 14.2. The first-order valence-corrected chi connectivity index (χ1v) is 15.3. The van der Waals surface area contributed by atoms with Crippen LogP contribution in [-0.2, 0) is 26.2 Å². The number of nitrogens with one attached hydrogen (secondary N) is 1. The molecule has 9 heteroatoms. The van der Waals surface area contributed by atoms with Gasteiger partial charge in [0.25, 0.3) is 10.0 Å². The number of anilines is 1. The maximum atomic E-state index is 14.2. The lowest BCUT2D eigenvalue weighted by molar-refractivity contribution is -0.141. The molecule has 0 saturated heterocycles. The fourth-order valence-electron chi connectivity index (χ4n) is 4.55. The van der Waals surface area contributed by atoms with Crippen molar-refractivity contribution < 1.29 is 22.7 Å². The topological polar surface area (TPSA) is 96.0 Å². The van der Waals surface area contributed by atoms with Gasteiger partial charge in [0.15, 0.2) is 0 Å². The van der Waals surface area contributed by atoms with Crippen LogP contribution in [0.4, 0.5) is 5.69 Å². The summed E-state index contributed by atoms with van der Waals surface area (Å²) in [6.07, 6.45) is 0.348. The van der Waals surface area contributed by atoms with E-state index in [0.29, 0.717) is 18.8 Å². The van der Waals surface area contributed by atoms with Crippen LogP contribution < -0.4 is 14.4 Å². The molecule has 0 saturated carbocycles. The number of rotatable bonds is 12. The Morgan fingerprint density at radius 2 is 1.59 bits per heavy atom. The molecule has 41 heavy (non-hydrogen) atoms. The second kappa shape index (κ2) is 13.7. The molecule has 3 aromatic rings. The largest absolute Gasteiger partial charge is 0.492 e. The molecule has 0 aliphatic heterocycles. The van der Waals surface area contributed by atoms with Crippen LogP contribution in [0.1, 0.15) is 52.2 Å². The van der Waals surface area contributed by atoms with E-state index in [-0.39, 0.29) is 23.0 Å².